The first kappa shape index (κ1) is 23.8. The molecule has 0 saturated heterocycles. The van der Waals surface area contributed by atoms with E-state index in [4.69, 9.17) is 0 Å². The second-order valence-electron chi connectivity index (χ2n) is 12.3. The molecule has 0 amide bonds. The molecule has 9 aromatic carbocycles. The van der Waals surface area contributed by atoms with Gasteiger partial charge in [-0.05, 0) is 85.4 Å². The van der Waals surface area contributed by atoms with E-state index < -0.39 is 0 Å². The lowest BCUT2D eigenvalue weighted by Crippen LogP contribution is -2.54. The molecule has 1 heteroatoms. The molecule has 0 spiro atoms. The van der Waals surface area contributed by atoms with E-state index >= 15 is 0 Å². The van der Waals surface area contributed by atoms with Gasteiger partial charge in [0.15, 0.2) is 0 Å². The van der Waals surface area contributed by atoms with Crippen LogP contribution in [-0.2, 0) is 0 Å². The molecule has 0 radical (unpaired) electrons. The summed E-state index contributed by atoms with van der Waals surface area (Å²) >= 11 is 0. The van der Waals surface area contributed by atoms with Crippen molar-refractivity contribution in [3.8, 4) is 0 Å². The van der Waals surface area contributed by atoms with Crippen LogP contribution in [0.25, 0.3) is 64.6 Å². The summed E-state index contributed by atoms with van der Waals surface area (Å²) in [5.41, 5.74) is 8.21. The largest absolute Gasteiger partial charge is 0.243 e. The first-order chi connectivity index (χ1) is 20.6. The Morgan fingerprint density at radius 3 is 1.17 bits per heavy atom. The maximum Gasteiger partial charge on any atom is 0.243 e. The number of hydrogen-bond donors (Lipinski definition) is 0. The highest BCUT2D eigenvalue weighted by Crippen LogP contribution is 2.36. The fourth-order valence-corrected chi connectivity index (χ4v) is 8.14. The van der Waals surface area contributed by atoms with Gasteiger partial charge in [-0.15, -0.1) is 0 Å². The minimum atomic E-state index is 0.0970. The van der Waals surface area contributed by atoms with Crippen molar-refractivity contribution in [3.63, 3.8) is 0 Å². The maximum atomic E-state index is 2.41. The third-order valence-corrected chi connectivity index (χ3v) is 9.77. The Morgan fingerprint density at radius 1 is 0.381 bits per heavy atom. The average molecular weight is 532 g/mol. The average Bonchev–Trinajstić information content (AvgIpc) is 3.01. The highest BCUT2D eigenvalue weighted by atomic mass is 14.2. The second-order valence-corrected chi connectivity index (χ2v) is 12.3. The number of benzene rings is 9. The standard InChI is InChI=1S/C41H29B/c1-24-22-25(2)41(26(3)23-24)42(35-20-16-31-12-10-27-6-4-8-29-14-18-33(35)39(31)37(27)29)36-21-17-32-13-11-28-7-5-9-30-15-19-34(36)40(32)38(28)30/h4-23H,1-3H3. The second kappa shape index (κ2) is 8.57. The van der Waals surface area contributed by atoms with Crippen LogP contribution in [-0.4, -0.2) is 6.71 Å². The van der Waals surface area contributed by atoms with Gasteiger partial charge in [0.1, 0.15) is 0 Å². The van der Waals surface area contributed by atoms with Crippen molar-refractivity contribution in [2.75, 3.05) is 0 Å². The minimum absolute atomic E-state index is 0.0970. The first-order valence-corrected chi connectivity index (χ1v) is 15.0. The number of hydrogen-bond acceptors (Lipinski definition) is 0. The van der Waals surface area contributed by atoms with Gasteiger partial charge in [0.25, 0.3) is 0 Å². The van der Waals surface area contributed by atoms with Gasteiger partial charge in [-0.2, -0.15) is 0 Å². The van der Waals surface area contributed by atoms with E-state index in [1.165, 1.54) is 97.7 Å². The molecule has 0 N–H and O–H groups in total. The zero-order chi connectivity index (χ0) is 28.1. The van der Waals surface area contributed by atoms with Crippen LogP contribution < -0.4 is 16.4 Å². The van der Waals surface area contributed by atoms with E-state index in [1.807, 2.05) is 0 Å². The molecule has 0 unspecified atom stereocenters. The highest BCUT2D eigenvalue weighted by molar-refractivity contribution is 6.98. The van der Waals surface area contributed by atoms with Gasteiger partial charge in [-0.25, -0.2) is 0 Å². The van der Waals surface area contributed by atoms with Crippen molar-refractivity contribution in [1.82, 2.24) is 0 Å². The molecule has 0 aromatic heterocycles. The Kier molecular flexibility index (Phi) is 4.85. The van der Waals surface area contributed by atoms with Gasteiger partial charge in [0.2, 0.25) is 6.71 Å². The van der Waals surface area contributed by atoms with Crippen LogP contribution in [0.5, 0.6) is 0 Å². The van der Waals surface area contributed by atoms with Gasteiger partial charge in [0.05, 0.1) is 0 Å². The predicted octanol–water partition coefficient (Wildman–Crippen LogP) is 8.92. The van der Waals surface area contributed by atoms with Crippen molar-refractivity contribution < 1.29 is 0 Å². The summed E-state index contributed by atoms with van der Waals surface area (Å²) in [4.78, 5) is 0. The predicted molar refractivity (Wildman–Crippen MR) is 186 cm³/mol. The maximum absolute atomic E-state index is 2.41. The van der Waals surface area contributed by atoms with Crippen LogP contribution in [0.1, 0.15) is 16.7 Å². The molecule has 42 heavy (non-hydrogen) atoms. The van der Waals surface area contributed by atoms with Crippen LogP contribution in [0.4, 0.5) is 0 Å². The molecule has 0 heterocycles. The highest BCUT2D eigenvalue weighted by Gasteiger charge is 2.30. The molecule has 0 aliphatic carbocycles. The summed E-state index contributed by atoms with van der Waals surface area (Å²) in [6.45, 7) is 6.91. The fraction of sp³-hybridized carbons (Fsp3) is 0.0732. The summed E-state index contributed by atoms with van der Waals surface area (Å²) < 4.78 is 0. The van der Waals surface area contributed by atoms with Crippen LogP contribution in [0.15, 0.2) is 121 Å². The summed E-state index contributed by atoms with van der Waals surface area (Å²) in [5, 5.41) is 16.1. The molecule has 196 valence electrons. The zero-order valence-electron chi connectivity index (χ0n) is 24.1. The van der Waals surface area contributed by atoms with Crippen molar-refractivity contribution in [2.45, 2.75) is 20.8 Å². The number of rotatable bonds is 3. The molecule has 0 saturated carbocycles. The minimum Gasteiger partial charge on any atom is -0.0657 e. The molecule has 0 aliphatic heterocycles. The Hall–Kier alpha value is -4.88. The van der Waals surface area contributed by atoms with E-state index in [9.17, 15) is 0 Å². The molecule has 0 atom stereocenters. The van der Waals surface area contributed by atoms with Crippen molar-refractivity contribution >= 4 is 87.7 Å². The van der Waals surface area contributed by atoms with E-state index in [0.29, 0.717) is 0 Å². The molecule has 0 nitrogen and oxygen atoms in total. The smallest absolute Gasteiger partial charge is 0.0657 e. The Balaban J connectivity index is 1.45. The Morgan fingerprint density at radius 2 is 0.738 bits per heavy atom. The fourth-order valence-electron chi connectivity index (χ4n) is 8.14. The van der Waals surface area contributed by atoms with E-state index in [-0.39, 0.29) is 6.71 Å². The van der Waals surface area contributed by atoms with Gasteiger partial charge in [-0.1, -0.05) is 154 Å². The van der Waals surface area contributed by atoms with Crippen LogP contribution in [0.3, 0.4) is 0 Å². The van der Waals surface area contributed by atoms with Crippen LogP contribution >= 0.6 is 0 Å². The van der Waals surface area contributed by atoms with Crippen molar-refractivity contribution in [3.05, 3.63) is 138 Å². The molecular weight excluding hydrogens is 503 g/mol. The summed E-state index contributed by atoms with van der Waals surface area (Å²) in [5.74, 6) is 0. The van der Waals surface area contributed by atoms with Gasteiger partial charge in [-0.3, -0.25) is 0 Å². The Bertz CT molecular complexity index is 2300. The molecule has 0 fully saturated rings. The van der Waals surface area contributed by atoms with E-state index in [2.05, 4.69) is 142 Å². The number of aryl methyl sites for hydroxylation is 3. The van der Waals surface area contributed by atoms with Crippen molar-refractivity contribution in [1.29, 1.82) is 0 Å². The van der Waals surface area contributed by atoms with Crippen molar-refractivity contribution in [2.24, 2.45) is 0 Å². The van der Waals surface area contributed by atoms with Gasteiger partial charge in [0, 0.05) is 0 Å². The lowest BCUT2D eigenvalue weighted by molar-refractivity contribution is 1.35. The summed E-state index contributed by atoms with van der Waals surface area (Å²) in [6, 6.07) is 46.1. The molecular formula is C41H29B. The molecule has 9 rings (SSSR count). The zero-order valence-corrected chi connectivity index (χ0v) is 24.1. The summed E-state index contributed by atoms with van der Waals surface area (Å²) in [7, 11) is 0. The normalized spacial score (nSPS) is 12.2. The lowest BCUT2D eigenvalue weighted by atomic mass is 9.34. The van der Waals surface area contributed by atoms with Gasteiger partial charge < -0.3 is 0 Å². The SMILES string of the molecule is Cc1cc(C)c(B(c2ccc3ccc4cccc5ccc2c3c45)c2ccc3ccc4cccc5ccc2c3c45)c(C)c1. The molecule has 0 aliphatic rings. The third-order valence-electron chi connectivity index (χ3n) is 9.77. The summed E-state index contributed by atoms with van der Waals surface area (Å²) in [6.07, 6.45) is 0. The third kappa shape index (κ3) is 3.20. The topological polar surface area (TPSA) is 0 Å². The lowest BCUT2D eigenvalue weighted by Gasteiger charge is -2.25. The van der Waals surface area contributed by atoms with E-state index in [1.54, 1.807) is 0 Å². The quantitative estimate of drug-likeness (QED) is 0.157. The van der Waals surface area contributed by atoms with Gasteiger partial charge >= 0.3 is 0 Å². The monoisotopic (exact) mass is 532 g/mol. The molecule has 9 aromatic rings. The van der Waals surface area contributed by atoms with Crippen LogP contribution in [0.2, 0.25) is 0 Å². The first-order valence-electron chi connectivity index (χ1n) is 15.0. The Labute approximate surface area is 246 Å². The van der Waals surface area contributed by atoms with Crippen LogP contribution in [0, 0.1) is 20.8 Å². The molecule has 0 bridgehead atoms. The van der Waals surface area contributed by atoms with E-state index in [0.717, 1.165) is 0 Å².